The predicted octanol–water partition coefficient (Wildman–Crippen LogP) is 2.85. The molecule has 0 unspecified atom stereocenters. The van der Waals surface area contributed by atoms with Crippen molar-refractivity contribution < 1.29 is 20.1 Å². The molecule has 0 N–H and O–H groups in total. The molecule has 1 aromatic heterocycles. The van der Waals surface area contributed by atoms with Gasteiger partial charge in [-0.1, -0.05) is 19.1 Å². The molecule has 0 saturated carbocycles. The van der Waals surface area contributed by atoms with Crippen LogP contribution in [0.3, 0.4) is 0 Å². The first-order valence-electron chi connectivity index (χ1n) is 4.26. The van der Waals surface area contributed by atoms with E-state index in [0.717, 1.165) is 11.3 Å². The molecule has 0 atom stereocenters. The smallest absolute Gasteiger partial charge is 0.0160 e. The fourth-order valence-corrected chi connectivity index (χ4v) is 1.18. The van der Waals surface area contributed by atoms with Crippen LogP contribution in [0.2, 0.25) is 0 Å². The molecule has 1 nitrogen and oxygen atoms in total. The summed E-state index contributed by atoms with van der Waals surface area (Å²) in [4.78, 5) is 4.25. The SMILES string of the molecule is Cc1c[c-]c(-c2ccccn2)cc1.[Ir]. The average molecular weight is 360 g/mol. The van der Waals surface area contributed by atoms with E-state index in [9.17, 15) is 0 Å². The van der Waals surface area contributed by atoms with Crippen molar-refractivity contribution in [2.24, 2.45) is 0 Å². The molecule has 73 valence electrons. The van der Waals surface area contributed by atoms with Gasteiger partial charge in [-0.15, -0.1) is 35.4 Å². The van der Waals surface area contributed by atoms with E-state index in [4.69, 9.17) is 0 Å². The van der Waals surface area contributed by atoms with Gasteiger partial charge in [-0.3, -0.25) is 0 Å². The van der Waals surface area contributed by atoms with Gasteiger partial charge in [0.05, 0.1) is 0 Å². The zero-order valence-corrected chi connectivity index (χ0v) is 10.2. The van der Waals surface area contributed by atoms with Gasteiger partial charge in [-0.2, -0.15) is 0 Å². The van der Waals surface area contributed by atoms with Gasteiger partial charge in [0.25, 0.3) is 0 Å². The summed E-state index contributed by atoms with van der Waals surface area (Å²) in [5.74, 6) is 0. The number of hydrogen-bond donors (Lipinski definition) is 0. The van der Waals surface area contributed by atoms with Crippen LogP contribution in [0.1, 0.15) is 5.56 Å². The Hall–Kier alpha value is -0.981. The van der Waals surface area contributed by atoms with Crippen LogP contribution in [0.25, 0.3) is 11.3 Å². The Kier molecular flexibility index (Phi) is 3.99. The maximum absolute atomic E-state index is 4.25. The number of aryl methyl sites for hydroxylation is 1. The fraction of sp³-hybridized carbons (Fsp3) is 0.0833. The maximum Gasteiger partial charge on any atom is 0.0160 e. The molecule has 0 aliphatic carbocycles. The van der Waals surface area contributed by atoms with Crippen molar-refractivity contribution >= 4 is 0 Å². The average Bonchev–Trinajstić information content (AvgIpc) is 2.20. The van der Waals surface area contributed by atoms with E-state index < -0.39 is 0 Å². The minimum absolute atomic E-state index is 0. The van der Waals surface area contributed by atoms with Crippen LogP contribution in [0.15, 0.2) is 42.6 Å². The molecule has 0 bridgehead atoms. The van der Waals surface area contributed by atoms with Crippen molar-refractivity contribution in [3.05, 3.63) is 54.2 Å². The van der Waals surface area contributed by atoms with Crippen LogP contribution in [0, 0.1) is 13.0 Å². The number of aromatic nitrogens is 1. The van der Waals surface area contributed by atoms with Crippen molar-refractivity contribution in [2.75, 3.05) is 0 Å². The summed E-state index contributed by atoms with van der Waals surface area (Å²) in [7, 11) is 0. The van der Waals surface area contributed by atoms with Crippen molar-refractivity contribution in [2.45, 2.75) is 6.92 Å². The van der Waals surface area contributed by atoms with E-state index in [1.165, 1.54) is 5.56 Å². The maximum atomic E-state index is 4.25. The zero-order chi connectivity index (χ0) is 9.10. The molecule has 1 heterocycles. The van der Waals surface area contributed by atoms with Crippen LogP contribution in [-0.2, 0) is 20.1 Å². The van der Waals surface area contributed by atoms with Gasteiger partial charge in [0.1, 0.15) is 0 Å². The molecule has 2 rings (SSSR count). The summed E-state index contributed by atoms with van der Waals surface area (Å²) >= 11 is 0. The summed E-state index contributed by atoms with van der Waals surface area (Å²) in [6.07, 6.45) is 1.79. The predicted molar refractivity (Wildman–Crippen MR) is 53.2 cm³/mol. The van der Waals surface area contributed by atoms with Gasteiger partial charge in [0.2, 0.25) is 0 Å². The summed E-state index contributed by atoms with van der Waals surface area (Å²) in [6, 6.07) is 15.2. The Labute approximate surface area is 97.6 Å². The first-order chi connectivity index (χ1) is 6.36. The number of pyridine rings is 1. The number of rotatable bonds is 1. The Morgan fingerprint density at radius 3 is 2.57 bits per heavy atom. The number of nitrogens with zero attached hydrogens (tertiary/aromatic N) is 1. The van der Waals surface area contributed by atoms with Crippen molar-refractivity contribution in [1.29, 1.82) is 0 Å². The van der Waals surface area contributed by atoms with Crippen LogP contribution >= 0.6 is 0 Å². The molecule has 1 aromatic carbocycles. The van der Waals surface area contributed by atoms with Crippen molar-refractivity contribution in [1.82, 2.24) is 4.98 Å². The molecular weight excluding hydrogens is 350 g/mol. The van der Waals surface area contributed by atoms with E-state index in [1.54, 1.807) is 6.20 Å². The summed E-state index contributed by atoms with van der Waals surface area (Å²) in [6.45, 7) is 2.05. The van der Waals surface area contributed by atoms with Gasteiger partial charge in [0, 0.05) is 26.3 Å². The minimum atomic E-state index is 0. The standard InChI is InChI=1S/C12H10N.Ir/c1-10-5-7-11(8-6-10)12-4-2-3-9-13-12;/h2-7,9H,1H3;/q-1;. The van der Waals surface area contributed by atoms with Crippen LogP contribution < -0.4 is 0 Å². The third-order valence-electron chi connectivity index (χ3n) is 1.91. The second-order valence-corrected chi connectivity index (χ2v) is 2.99. The van der Waals surface area contributed by atoms with E-state index in [2.05, 4.69) is 24.0 Å². The molecular formula is C12H10IrN-. The quantitative estimate of drug-likeness (QED) is 0.713. The van der Waals surface area contributed by atoms with Crippen LogP contribution in [0.4, 0.5) is 0 Å². The molecule has 2 aromatic rings. The third-order valence-corrected chi connectivity index (χ3v) is 1.91. The Balaban J connectivity index is 0.000000980. The first-order valence-corrected chi connectivity index (χ1v) is 4.26. The van der Waals surface area contributed by atoms with E-state index in [-0.39, 0.29) is 20.1 Å². The van der Waals surface area contributed by atoms with E-state index in [0.29, 0.717) is 0 Å². The van der Waals surface area contributed by atoms with Gasteiger partial charge in [0.15, 0.2) is 0 Å². The van der Waals surface area contributed by atoms with Gasteiger partial charge >= 0.3 is 0 Å². The van der Waals surface area contributed by atoms with Crippen molar-refractivity contribution in [3.63, 3.8) is 0 Å². The molecule has 0 aliphatic heterocycles. The summed E-state index contributed by atoms with van der Waals surface area (Å²) < 4.78 is 0. The molecule has 2 heteroatoms. The van der Waals surface area contributed by atoms with Crippen LogP contribution in [0.5, 0.6) is 0 Å². The monoisotopic (exact) mass is 361 g/mol. The number of hydrogen-bond acceptors (Lipinski definition) is 1. The van der Waals surface area contributed by atoms with E-state index >= 15 is 0 Å². The molecule has 0 fully saturated rings. The van der Waals surface area contributed by atoms with Crippen molar-refractivity contribution in [3.8, 4) is 11.3 Å². The van der Waals surface area contributed by atoms with E-state index in [1.807, 2.05) is 30.3 Å². The molecule has 1 radical (unpaired) electrons. The Morgan fingerprint density at radius 1 is 1.14 bits per heavy atom. The van der Waals surface area contributed by atoms with Crippen LogP contribution in [-0.4, -0.2) is 4.98 Å². The normalized spacial score (nSPS) is 9.21. The third kappa shape index (κ3) is 2.50. The molecule has 0 spiro atoms. The Morgan fingerprint density at radius 2 is 2.00 bits per heavy atom. The largest absolute Gasteiger partial charge is 0.305 e. The second-order valence-electron chi connectivity index (χ2n) is 2.99. The zero-order valence-electron chi connectivity index (χ0n) is 7.82. The summed E-state index contributed by atoms with van der Waals surface area (Å²) in [5.41, 5.74) is 3.24. The topological polar surface area (TPSA) is 12.9 Å². The van der Waals surface area contributed by atoms with Gasteiger partial charge < -0.3 is 4.98 Å². The number of benzene rings is 1. The van der Waals surface area contributed by atoms with Gasteiger partial charge in [-0.25, -0.2) is 0 Å². The second kappa shape index (κ2) is 5.04. The minimum Gasteiger partial charge on any atom is -0.305 e. The van der Waals surface area contributed by atoms with Gasteiger partial charge in [-0.05, 0) is 11.8 Å². The molecule has 14 heavy (non-hydrogen) atoms. The molecule has 0 aliphatic rings. The fourth-order valence-electron chi connectivity index (χ4n) is 1.18. The summed E-state index contributed by atoms with van der Waals surface area (Å²) in [5, 5.41) is 0. The molecule has 0 amide bonds. The molecule has 0 saturated heterocycles. The first kappa shape index (κ1) is 11.1. The Bertz CT molecular complexity index is 381.